The van der Waals surface area contributed by atoms with Crippen LogP contribution in [-0.2, 0) is 9.53 Å². The molecule has 2 amide bonds. The van der Waals surface area contributed by atoms with Crippen LogP contribution in [0.25, 0.3) is 0 Å². The Morgan fingerprint density at radius 3 is 2.43 bits per heavy atom. The summed E-state index contributed by atoms with van der Waals surface area (Å²) in [5, 5.41) is 5.09. The molecule has 0 aliphatic heterocycles. The van der Waals surface area contributed by atoms with Crippen molar-refractivity contribution in [1.29, 1.82) is 0 Å². The maximum atomic E-state index is 11.9. The molecular weight excluding hydrogens is 274 g/mol. The Kier molecular flexibility index (Phi) is 5.52. The van der Waals surface area contributed by atoms with Crippen LogP contribution in [0.3, 0.4) is 0 Å². The van der Waals surface area contributed by atoms with Gasteiger partial charge in [-0.3, -0.25) is 4.79 Å². The van der Waals surface area contributed by atoms with Gasteiger partial charge in [-0.15, -0.1) is 0 Å². The summed E-state index contributed by atoms with van der Waals surface area (Å²) < 4.78 is 10.0. The lowest BCUT2D eigenvalue weighted by Gasteiger charge is -2.21. The lowest BCUT2D eigenvalue weighted by atomic mass is 10.2. The monoisotopic (exact) mass is 295 g/mol. The number of hydrogen-bond donors (Lipinski definition) is 2. The average Bonchev–Trinajstić information content (AvgIpc) is 2.37. The molecule has 1 aromatic rings. The number of alkyl carbamates (subject to hydrolysis) is 1. The van der Waals surface area contributed by atoms with Crippen molar-refractivity contribution in [2.24, 2.45) is 0 Å². The van der Waals surface area contributed by atoms with Gasteiger partial charge in [-0.05, 0) is 33.8 Å². The molecule has 0 bridgehead atoms. The molecule has 0 radical (unpaired) electrons. The van der Waals surface area contributed by atoms with Gasteiger partial charge < -0.3 is 20.1 Å². The fraction of sp³-hybridized carbons (Fsp3) is 0.500. The Morgan fingerprint density at radius 2 is 1.95 bits per heavy atom. The number of nitrogens with one attached hydrogen (secondary N) is 2. The van der Waals surface area contributed by atoms with Crippen molar-refractivity contribution < 1.29 is 19.1 Å². The maximum Gasteiger partial charge on any atom is 0.408 e. The van der Waals surface area contributed by atoms with Gasteiger partial charge in [0, 0.05) is 6.07 Å². The largest absolute Gasteiger partial charge is 0.481 e. The lowest BCUT2D eigenvalue weighted by Crippen LogP contribution is -2.43. The minimum atomic E-state index is -0.734. The Labute approximate surface area is 124 Å². The second kappa shape index (κ2) is 6.92. The average molecular weight is 295 g/mol. The van der Waals surface area contributed by atoms with E-state index in [0.29, 0.717) is 11.6 Å². The topological polar surface area (TPSA) is 89.6 Å². The first-order valence-corrected chi connectivity index (χ1v) is 6.51. The van der Waals surface area contributed by atoms with Crippen LogP contribution in [0.1, 0.15) is 27.7 Å². The highest BCUT2D eigenvalue weighted by atomic mass is 16.6. The zero-order valence-electron chi connectivity index (χ0n) is 12.9. The molecule has 7 heteroatoms. The quantitative estimate of drug-likeness (QED) is 0.886. The first kappa shape index (κ1) is 16.7. The van der Waals surface area contributed by atoms with E-state index >= 15 is 0 Å². The van der Waals surface area contributed by atoms with E-state index in [2.05, 4.69) is 15.6 Å². The van der Waals surface area contributed by atoms with E-state index in [-0.39, 0.29) is 5.91 Å². The number of anilines is 1. The second-order valence-electron chi connectivity index (χ2n) is 5.45. The molecule has 0 aliphatic rings. The van der Waals surface area contributed by atoms with Gasteiger partial charge in [0.05, 0.1) is 19.0 Å². The molecule has 0 saturated heterocycles. The van der Waals surface area contributed by atoms with Crippen molar-refractivity contribution in [1.82, 2.24) is 10.3 Å². The molecule has 1 heterocycles. The number of carbonyl (C=O) groups excluding carboxylic acids is 2. The summed E-state index contributed by atoms with van der Waals surface area (Å²) in [6.07, 6.45) is 0.828. The van der Waals surface area contributed by atoms with E-state index in [0.717, 1.165) is 0 Å². The van der Waals surface area contributed by atoms with Crippen LogP contribution in [0.5, 0.6) is 5.88 Å². The standard InChI is InChI=1S/C14H21N3O4/c1-9(16-13(19)21-14(2,3)4)12(18)17-10-6-7-11(20-5)15-8-10/h6-9H,1-5H3,(H,16,19)(H,17,18)/t9-/m1/s1. The van der Waals surface area contributed by atoms with Crippen LogP contribution in [-0.4, -0.2) is 35.7 Å². The first-order chi connectivity index (χ1) is 9.71. The molecule has 0 aromatic carbocycles. The Balaban J connectivity index is 2.52. The predicted molar refractivity (Wildman–Crippen MR) is 78.3 cm³/mol. The summed E-state index contributed by atoms with van der Waals surface area (Å²) in [6.45, 7) is 6.82. The molecule has 116 valence electrons. The fourth-order valence-electron chi connectivity index (χ4n) is 1.38. The van der Waals surface area contributed by atoms with E-state index < -0.39 is 17.7 Å². The molecular formula is C14H21N3O4. The van der Waals surface area contributed by atoms with Crippen LogP contribution in [0.15, 0.2) is 18.3 Å². The predicted octanol–water partition coefficient (Wildman–Crippen LogP) is 1.94. The number of pyridine rings is 1. The molecule has 2 N–H and O–H groups in total. The van der Waals surface area contributed by atoms with Gasteiger partial charge in [0.2, 0.25) is 11.8 Å². The lowest BCUT2D eigenvalue weighted by molar-refractivity contribution is -0.117. The minimum absolute atomic E-state index is 0.368. The number of carbonyl (C=O) groups is 2. The van der Waals surface area contributed by atoms with Gasteiger partial charge in [0.1, 0.15) is 11.6 Å². The number of amides is 2. The fourth-order valence-corrected chi connectivity index (χ4v) is 1.38. The minimum Gasteiger partial charge on any atom is -0.481 e. The molecule has 0 unspecified atom stereocenters. The van der Waals surface area contributed by atoms with Crippen molar-refractivity contribution in [2.45, 2.75) is 39.3 Å². The van der Waals surface area contributed by atoms with Crippen molar-refractivity contribution in [3.63, 3.8) is 0 Å². The van der Waals surface area contributed by atoms with Crippen LogP contribution >= 0.6 is 0 Å². The normalized spacial score (nSPS) is 12.2. The zero-order chi connectivity index (χ0) is 16.0. The van der Waals surface area contributed by atoms with Gasteiger partial charge in [0.25, 0.3) is 0 Å². The molecule has 1 atom stereocenters. The number of methoxy groups -OCH3 is 1. The molecule has 1 rings (SSSR count). The highest BCUT2D eigenvalue weighted by molar-refractivity contribution is 5.96. The molecule has 0 aliphatic carbocycles. The highest BCUT2D eigenvalue weighted by Crippen LogP contribution is 2.11. The van der Waals surface area contributed by atoms with Gasteiger partial charge in [-0.25, -0.2) is 9.78 Å². The van der Waals surface area contributed by atoms with Crippen molar-refractivity contribution >= 4 is 17.7 Å². The SMILES string of the molecule is COc1ccc(NC(=O)[C@@H](C)NC(=O)OC(C)(C)C)cn1. The van der Waals surface area contributed by atoms with E-state index in [1.165, 1.54) is 13.3 Å². The van der Waals surface area contributed by atoms with Gasteiger partial charge in [-0.1, -0.05) is 0 Å². The number of ether oxygens (including phenoxy) is 2. The first-order valence-electron chi connectivity index (χ1n) is 6.51. The van der Waals surface area contributed by atoms with Crippen molar-refractivity contribution in [3.8, 4) is 5.88 Å². The third-order valence-electron chi connectivity index (χ3n) is 2.34. The zero-order valence-corrected chi connectivity index (χ0v) is 12.9. The maximum absolute atomic E-state index is 11.9. The highest BCUT2D eigenvalue weighted by Gasteiger charge is 2.21. The van der Waals surface area contributed by atoms with E-state index in [9.17, 15) is 9.59 Å². The smallest absolute Gasteiger partial charge is 0.408 e. The van der Waals surface area contributed by atoms with Crippen molar-refractivity contribution in [2.75, 3.05) is 12.4 Å². The summed E-state index contributed by atoms with van der Waals surface area (Å²) in [5.74, 6) is 0.0840. The summed E-state index contributed by atoms with van der Waals surface area (Å²) in [5.41, 5.74) is -0.0983. The van der Waals surface area contributed by atoms with Gasteiger partial charge in [-0.2, -0.15) is 0 Å². The third kappa shape index (κ3) is 6.11. The third-order valence-corrected chi connectivity index (χ3v) is 2.34. The number of rotatable bonds is 4. The van der Waals surface area contributed by atoms with E-state index in [1.807, 2.05) is 0 Å². The summed E-state index contributed by atoms with van der Waals surface area (Å²) in [6, 6.07) is 2.55. The van der Waals surface area contributed by atoms with Crippen LogP contribution < -0.4 is 15.4 Å². The van der Waals surface area contributed by atoms with Gasteiger partial charge in [0.15, 0.2) is 0 Å². The molecule has 21 heavy (non-hydrogen) atoms. The summed E-state index contributed by atoms with van der Waals surface area (Å²) in [4.78, 5) is 27.5. The van der Waals surface area contributed by atoms with Crippen LogP contribution in [0.2, 0.25) is 0 Å². The molecule has 0 saturated carbocycles. The molecule has 0 spiro atoms. The Hall–Kier alpha value is -2.31. The summed E-state index contributed by atoms with van der Waals surface area (Å²) >= 11 is 0. The summed E-state index contributed by atoms with van der Waals surface area (Å²) in [7, 11) is 1.51. The molecule has 1 aromatic heterocycles. The number of aromatic nitrogens is 1. The van der Waals surface area contributed by atoms with Crippen LogP contribution in [0.4, 0.5) is 10.5 Å². The van der Waals surface area contributed by atoms with Crippen molar-refractivity contribution in [3.05, 3.63) is 18.3 Å². The second-order valence-corrected chi connectivity index (χ2v) is 5.45. The number of hydrogen-bond acceptors (Lipinski definition) is 5. The Morgan fingerprint density at radius 1 is 1.29 bits per heavy atom. The molecule has 0 fully saturated rings. The van der Waals surface area contributed by atoms with E-state index in [1.54, 1.807) is 39.8 Å². The van der Waals surface area contributed by atoms with Crippen LogP contribution in [0, 0.1) is 0 Å². The van der Waals surface area contributed by atoms with E-state index in [4.69, 9.17) is 9.47 Å². The Bertz CT molecular complexity index is 494. The van der Waals surface area contributed by atoms with Gasteiger partial charge >= 0.3 is 6.09 Å². The number of nitrogens with zero attached hydrogens (tertiary/aromatic N) is 1. The molecule has 7 nitrogen and oxygen atoms in total.